The zero-order valence-corrected chi connectivity index (χ0v) is 25.3. The molecule has 0 unspecified atom stereocenters. The van der Waals surface area contributed by atoms with E-state index in [1.807, 2.05) is 50.4 Å². The van der Waals surface area contributed by atoms with Crippen LogP contribution in [0.25, 0.3) is 0 Å². The summed E-state index contributed by atoms with van der Waals surface area (Å²) in [6, 6.07) is 8.09. The molecular formula is C30H48N2O6S. The molecule has 0 heterocycles. The molecule has 9 heteroatoms. The minimum atomic E-state index is -0.734. The van der Waals surface area contributed by atoms with Crippen LogP contribution in [0.4, 0.5) is 0 Å². The third kappa shape index (κ3) is 15.1. The highest BCUT2D eigenvalue weighted by Crippen LogP contribution is 2.22. The van der Waals surface area contributed by atoms with E-state index >= 15 is 0 Å². The van der Waals surface area contributed by atoms with Gasteiger partial charge in [0, 0.05) is 12.8 Å². The molecule has 0 aliphatic carbocycles. The van der Waals surface area contributed by atoms with Crippen LogP contribution in [-0.4, -0.2) is 53.3 Å². The van der Waals surface area contributed by atoms with E-state index in [1.54, 1.807) is 32.5 Å². The Morgan fingerprint density at radius 3 is 2.26 bits per heavy atom. The Bertz CT molecular complexity index is 900. The summed E-state index contributed by atoms with van der Waals surface area (Å²) in [4.78, 5) is 50.9. The van der Waals surface area contributed by atoms with Gasteiger partial charge in [0.05, 0.1) is 18.0 Å². The summed E-state index contributed by atoms with van der Waals surface area (Å²) in [5.74, 6) is -1.30. The fourth-order valence-electron chi connectivity index (χ4n) is 3.96. The van der Waals surface area contributed by atoms with Crippen LogP contribution in [0.5, 0.6) is 0 Å². The van der Waals surface area contributed by atoms with Gasteiger partial charge in [0.15, 0.2) is 5.78 Å². The molecule has 3 N–H and O–H groups in total. The molecule has 1 aromatic rings. The van der Waals surface area contributed by atoms with Crippen LogP contribution in [0.1, 0.15) is 85.1 Å². The summed E-state index contributed by atoms with van der Waals surface area (Å²) < 4.78 is 10.9. The minimum absolute atomic E-state index is 0.0305. The average Bonchev–Trinajstić information content (AvgIpc) is 2.87. The Kier molecular flexibility index (Phi) is 16.0. The lowest BCUT2D eigenvalue weighted by Gasteiger charge is -2.27. The van der Waals surface area contributed by atoms with Gasteiger partial charge in [-0.15, -0.1) is 0 Å². The number of ether oxygens (including phenoxy) is 2. The van der Waals surface area contributed by atoms with E-state index in [0.717, 1.165) is 11.3 Å². The number of rotatable bonds is 18. The molecule has 0 spiro atoms. The third-order valence-electron chi connectivity index (χ3n) is 6.14. The van der Waals surface area contributed by atoms with Crippen molar-refractivity contribution in [2.24, 2.45) is 17.6 Å². The van der Waals surface area contributed by atoms with Gasteiger partial charge in [0.1, 0.15) is 12.2 Å². The van der Waals surface area contributed by atoms with Gasteiger partial charge in [0.25, 0.3) is 0 Å². The average molecular weight is 565 g/mol. The topological polar surface area (TPSA) is 125 Å². The van der Waals surface area contributed by atoms with Crippen LogP contribution in [0, 0.1) is 11.8 Å². The molecule has 3 atom stereocenters. The zero-order valence-electron chi connectivity index (χ0n) is 24.5. The van der Waals surface area contributed by atoms with E-state index in [-0.39, 0.29) is 36.6 Å². The van der Waals surface area contributed by atoms with E-state index in [4.69, 9.17) is 15.2 Å². The molecule has 0 aliphatic rings. The van der Waals surface area contributed by atoms with Crippen LogP contribution in [0.3, 0.4) is 0 Å². The first-order valence-corrected chi connectivity index (χ1v) is 15.2. The van der Waals surface area contributed by atoms with Gasteiger partial charge in [-0.05, 0) is 63.5 Å². The van der Waals surface area contributed by atoms with Crippen molar-refractivity contribution in [2.45, 2.75) is 104 Å². The van der Waals surface area contributed by atoms with Crippen LogP contribution >= 0.6 is 11.8 Å². The fraction of sp³-hybridized carbons (Fsp3) is 0.667. The quantitative estimate of drug-likeness (QED) is 0.192. The summed E-state index contributed by atoms with van der Waals surface area (Å²) in [6.07, 6.45) is 5.17. The summed E-state index contributed by atoms with van der Waals surface area (Å²) in [5, 5.41) is 2.80. The number of hydrogen-bond acceptors (Lipinski definition) is 8. The highest BCUT2D eigenvalue weighted by Gasteiger charge is 2.32. The SMILES string of the molecule is CSCC[C@H](N)C(=O)N[C@H](C(=O)C[C@@H](CCCCCC(=O)OCc1ccccc1)C(=O)OC(C)(C)C)C(C)C. The number of ketones is 1. The molecule has 0 saturated heterocycles. The zero-order chi connectivity index (χ0) is 29.4. The van der Waals surface area contributed by atoms with E-state index in [2.05, 4.69) is 5.32 Å². The van der Waals surface area contributed by atoms with Crippen molar-refractivity contribution in [1.29, 1.82) is 0 Å². The van der Waals surface area contributed by atoms with Crippen LogP contribution in [0.15, 0.2) is 30.3 Å². The van der Waals surface area contributed by atoms with Crippen molar-refractivity contribution in [3.63, 3.8) is 0 Å². The first kappa shape index (κ1) is 34.6. The van der Waals surface area contributed by atoms with Gasteiger partial charge in [-0.3, -0.25) is 19.2 Å². The molecule has 39 heavy (non-hydrogen) atoms. The Labute approximate surface area is 238 Å². The van der Waals surface area contributed by atoms with Crippen molar-refractivity contribution in [1.82, 2.24) is 5.32 Å². The number of unbranched alkanes of at least 4 members (excludes halogenated alkanes) is 2. The van der Waals surface area contributed by atoms with Crippen LogP contribution < -0.4 is 11.1 Å². The molecule has 8 nitrogen and oxygen atoms in total. The number of esters is 2. The lowest BCUT2D eigenvalue weighted by atomic mass is 9.89. The number of hydrogen-bond donors (Lipinski definition) is 2. The van der Waals surface area contributed by atoms with Crippen LogP contribution in [0.2, 0.25) is 0 Å². The molecule has 0 aliphatic heterocycles. The molecule has 1 aromatic carbocycles. The minimum Gasteiger partial charge on any atom is -0.461 e. The molecule has 0 saturated carbocycles. The standard InChI is InChI=1S/C30H48N2O6S/c1-21(2)27(32-28(35)24(31)17-18-39-6)25(33)19-23(29(36)38-30(3,4)5)15-11-8-12-16-26(34)37-20-22-13-9-7-10-14-22/h7,9-10,13-14,21,23-24,27H,8,11-12,15-20,31H2,1-6H3,(H,32,35)/t23-,24+,27+/m1/s1. The number of Topliss-reactive ketones (excluding diaryl/α,β-unsaturated/α-hetero) is 1. The lowest BCUT2D eigenvalue weighted by Crippen LogP contribution is -2.51. The van der Waals surface area contributed by atoms with Gasteiger partial charge < -0.3 is 20.5 Å². The first-order chi connectivity index (χ1) is 18.3. The Morgan fingerprint density at radius 2 is 1.67 bits per heavy atom. The van der Waals surface area contributed by atoms with Crippen molar-refractivity contribution in [2.75, 3.05) is 12.0 Å². The van der Waals surface area contributed by atoms with Crippen molar-refractivity contribution >= 4 is 35.4 Å². The molecule has 1 rings (SSSR count). The van der Waals surface area contributed by atoms with Gasteiger partial charge in [-0.2, -0.15) is 11.8 Å². The predicted molar refractivity (Wildman–Crippen MR) is 156 cm³/mol. The molecule has 220 valence electrons. The molecular weight excluding hydrogens is 516 g/mol. The van der Waals surface area contributed by atoms with Gasteiger partial charge in [-0.25, -0.2) is 0 Å². The molecule has 1 amide bonds. The molecule has 0 fully saturated rings. The van der Waals surface area contributed by atoms with Crippen molar-refractivity contribution in [3.8, 4) is 0 Å². The second-order valence-corrected chi connectivity index (χ2v) is 12.3. The Balaban J connectivity index is 2.66. The lowest BCUT2D eigenvalue weighted by molar-refractivity contribution is -0.161. The second kappa shape index (κ2) is 18.1. The number of nitrogens with one attached hydrogen (secondary N) is 1. The maximum absolute atomic E-state index is 13.3. The number of carbonyl (C=O) groups is 4. The van der Waals surface area contributed by atoms with E-state index < -0.39 is 29.6 Å². The smallest absolute Gasteiger partial charge is 0.309 e. The summed E-state index contributed by atoms with van der Waals surface area (Å²) >= 11 is 1.60. The third-order valence-corrected chi connectivity index (χ3v) is 6.79. The number of carbonyl (C=O) groups excluding carboxylic acids is 4. The maximum atomic E-state index is 13.3. The van der Waals surface area contributed by atoms with E-state index in [9.17, 15) is 19.2 Å². The predicted octanol–water partition coefficient (Wildman–Crippen LogP) is 4.82. The fourth-order valence-corrected chi connectivity index (χ4v) is 4.45. The van der Waals surface area contributed by atoms with E-state index in [0.29, 0.717) is 38.5 Å². The molecule has 0 aromatic heterocycles. The second-order valence-electron chi connectivity index (χ2n) is 11.3. The van der Waals surface area contributed by atoms with Crippen LogP contribution in [-0.2, 0) is 35.3 Å². The highest BCUT2D eigenvalue weighted by atomic mass is 32.2. The first-order valence-electron chi connectivity index (χ1n) is 13.8. The summed E-state index contributed by atoms with van der Waals surface area (Å²) in [6.45, 7) is 9.33. The van der Waals surface area contributed by atoms with Gasteiger partial charge in [0.2, 0.25) is 5.91 Å². The van der Waals surface area contributed by atoms with Gasteiger partial charge >= 0.3 is 11.9 Å². The largest absolute Gasteiger partial charge is 0.461 e. The monoisotopic (exact) mass is 564 g/mol. The van der Waals surface area contributed by atoms with Crippen molar-refractivity contribution in [3.05, 3.63) is 35.9 Å². The summed E-state index contributed by atoms with van der Waals surface area (Å²) in [7, 11) is 0. The Hall–Kier alpha value is -2.39. The highest BCUT2D eigenvalue weighted by molar-refractivity contribution is 7.98. The Morgan fingerprint density at radius 1 is 1.00 bits per heavy atom. The summed E-state index contributed by atoms with van der Waals surface area (Å²) in [5.41, 5.74) is 6.25. The molecule has 0 radical (unpaired) electrons. The number of nitrogens with two attached hydrogens (primary N) is 1. The normalized spacial score (nSPS) is 13.8. The number of amides is 1. The maximum Gasteiger partial charge on any atom is 0.309 e. The van der Waals surface area contributed by atoms with E-state index in [1.165, 1.54) is 0 Å². The van der Waals surface area contributed by atoms with Gasteiger partial charge in [-0.1, -0.05) is 57.0 Å². The number of benzene rings is 1. The van der Waals surface area contributed by atoms with Crippen molar-refractivity contribution < 1.29 is 28.7 Å². The molecule has 0 bridgehead atoms. The number of thioether (sulfide) groups is 1.